The molecule has 0 aliphatic rings. The topological polar surface area (TPSA) is 72.4 Å². The average molecular weight is 330 g/mol. The quantitative estimate of drug-likeness (QED) is 0.332. The van der Waals surface area contributed by atoms with Gasteiger partial charge in [-0.15, -0.1) is 0 Å². The molecule has 0 radical (unpaired) electrons. The zero-order valence-electron chi connectivity index (χ0n) is 11.7. The summed E-state index contributed by atoms with van der Waals surface area (Å²) in [5, 5.41) is 0. The first-order chi connectivity index (χ1) is 7.95. The van der Waals surface area contributed by atoms with Gasteiger partial charge in [-0.1, -0.05) is 58.8 Å². The van der Waals surface area contributed by atoms with Crippen LogP contribution in [-0.2, 0) is 28.6 Å². The molecule has 0 aromatic heterocycles. The molecule has 0 rings (SSSR count). The molecule has 4 nitrogen and oxygen atoms in total. The van der Waals surface area contributed by atoms with Crippen LogP contribution in [0.2, 0.25) is 0 Å². The SMILES string of the molecule is CCC(C)CCCCCCCCOP(=O)([O-])[O-].[Zn+2]. The minimum atomic E-state index is -4.75. The van der Waals surface area contributed by atoms with Gasteiger partial charge in [0.05, 0.1) is 14.4 Å². The fraction of sp³-hybridized carbons (Fsp3) is 1.00. The molecule has 18 heavy (non-hydrogen) atoms. The van der Waals surface area contributed by atoms with E-state index in [0.29, 0.717) is 6.42 Å². The number of phosphoric ester groups is 1. The number of hydrogen-bond acceptors (Lipinski definition) is 4. The van der Waals surface area contributed by atoms with Gasteiger partial charge in [-0.2, -0.15) is 0 Å². The molecule has 0 heterocycles. The van der Waals surface area contributed by atoms with Crippen LogP contribution in [0, 0.1) is 5.92 Å². The van der Waals surface area contributed by atoms with E-state index in [2.05, 4.69) is 18.4 Å². The minimum absolute atomic E-state index is 0. The molecule has 1 atom stereocenters. The summed E-state index contributed by atoms with van der Waals surface area (Å²) < 4.78 is 14.3. The maximum absolute atomic E-state index is 10.1. The van der Waals surface area contributed by atoms with E-state index in [9.17, 15) is 14.4 Å². The molecule has 0 aliphatic carbocycles. The van der Waals surface area contributed by atoms with Crippen molar-refractivity contribution in [2.45, 2.75) is 65.2 Å². The second-order valence-electron chi connectivity index (χ2n) is 4.70. The number of rotatable bonds is 11. The van der Waals surface area contributed by atoms with Gasteiger partial charge >= 0.3 is 19.5 Å². The van der Waals surface area contributed by atoms with E-state index < -0.39 is 7.82 Å². The number of unbranched alkanes of at least 4 members (excludes halogenated alkanes) is 5. The van der Waals surface area contributed by atoms with Crippen molar-refractivity contribution >= 4 is 7.82 Å². The standard InChI is InChI=1S/C12H27O4P.Zn/c1-3-12(2)10-8-6-4-5-7-9-11-16-17(13,14)15;/h12H,3-11H2,1-2H3,(H2,13,14,15);/q;+2/p-2. The fourth-order valence-electron chi connectivity index (χ4n) is 1.68. The Kier molecular flexibility index (Phi) is 14.9. The van der Waals surface area contributed by atoms with Gasteiger partial charge in [-0.05, 0) is 12.3 Å². The van der Waals surface area contributed by atoms with Crippen molar-refractivity contribution in [2.75, 3.05) is 6.61 Å². The molecule has 0 saturated carbocycles. The Hall–Kier alpha value is 0.733. The molecule has 0 fully saturated rings. The summed E-state index contributed by atoms with van der Waals surface area (Å²) in [7, 11) is -4.75. The molecule has 0 aromatic rings. The van der Waals surface area contributed by atoms with E-state index in [1.807, 2.05) is 0 Å². The van der Waals surface area contributed by atoms with Gasteiger partial charge in [0.15, 0.2) is 0 Å². The second kappa shape index (κ2) is 12.8. The van der Waals surface area contributed by atoms with Gasteiger partial charge < -0.3 is 18.9 Å². The molecule has 0 spiro atoms. The van der Waals surface area contributed by atoms with E-state index in [4.69, 9.17) is 0 Å². The maximum Gasteiger partial charge on any atom is 2.00 e. The predicted molar refractivity (Wildman–Crippen MR) is 65.3 cm³/mol. The van der Waals surface area contributed by atoms with Crippen molar-refractivity contribution < 1.29 is 38.4 Å². The second-order valence-corrected chi connectivity index (χ2v) is 5.86. The van der Waals surface area contributed by atoms with E-state index in [-0.39, 0.29) is 26.1 Å². The van der Waals surface area contributed by atoms with Crippen molar-refractivity contribution in [3.63, 3.8) is 0 Å². The van der Waals surface area contributed by atoms with E-state index in [1.165, 1.54) is 32.1 Å². The third-order valence-electron chi connectivity index (χ3n) is 3.04. The van der Waals surface area contributed by atoms with Crippen molar-refractivity contribution in [2.24, 2.45) is 5.92 Å². The number of hydrogen-bond donors (Lipinski definition) is 0. The van der Waals surface area contributed by atoms with Crippen LogP contribution in [0.25, 0.3) is 0 Å². The van der Waals surface area contributed by atoms with Gasteiger partial charge in [-0.25, -0.2) is 0 Å². The van der Waals surface area contributed by atoms with Crippen LogP contribution in [0.4, 0.5) is 0 Å². The Bertz CT molecular complexity index is 220. The fourth-order valence-corrected chi connectivity index (χ4v) is 2.04. The normalized spacial score (nSPS) is 13.1. The molecule has 0 saturated heterocycles. The predicted octanol–water partition coefficient (Wildman–Crippen LogP) is 2.61. The van der Waals surface area contributed by atoms with Crippen molar-refractivity contribution in [3.05, 3.63) is 0 Å². The van der Waals surface area contributed by atoms with Crippen LogP contribution >= 0.6 is 7.82 Å². The first-order valence-electron chi connectivity index (χ1n) is 6.62. The van der Waals surface area contributed by atoms with Crippen molar-refractivity contribution in [1.82, 2.24) is 0 Å². The van der Waals surface area contributed by atoms with Crippen LogP contribution in [-0.4, -0.2) is 6.61 Å². The molecule has 0 aliphatic heterocycles. The summed E-state index contributed by atoms with van der Waals surface area (Å²) in [6.07, 6.45) is 8.93. The zero-order valence-corrected chi connectivity index (χ0v) is 15.6. The van der Waals surface area contributed by atoms with Crippen LogP contribution in [0.1, 0.15) is 65.2 Å². The van der Waals surface area contributed by atoms with Gasteiger partial charge in [0.2, 0.25) is 0 Å². The van der Waals surface area contributed by atoms with E-state index >= 15 is 0 Å². The Labute approximate surface area is 124 Å². The molecule has 1 unspecified atom stereocenters. The van der Waals surface area contributed by atoms with Crippen molar-refractivity contribution in [3.8, 4) is 0 Å². The third kappa shape index (κ3) is 16.7. The summed E-state index contributed by atoms with van der Waals surface area (Å²) >= 11 is 0. The van der Waals surface area contributed by atoms with Gasteiger partial charge in [0.1, 0.15) is 0 Å². The molecule has 0 amide bonds. The third-order valence-corrected chi connectivity index (χ3v) is 3.54. The molecule has 104 valence electrons. The monoisotopic (exact) mass is 328 g/mol. The van der Waals surface area contributed by atoms with Crippen LogP contribution in [0.5, 0.6) is 0 Å². The molecule has 0 aromatic carbocycles. The Morgan fingerprint density at radius 2 is 1.56 bits per heavy atom. The first-order valence-corrected chi connectivity index (χ1v) is 8.08. The molecular weight excluding hydrogens is 304 g/mol. The molecule has 6 heteroatoms. The molecular formula is C12H25O4PZn. The maximum atomic E-state index is 10.1. The smallest absolute Gasteiger partial charge is 0.790 e. The van der Waals surface area contributed by atoms with Gasteiger partial charge in [0, 0.05) is 0 Å². The number of phosphoric acid groups is 1. The van der Waals surface area contributed by atoms with E-state index in [1.54, 1.807) is 0 Å². The summed E-state index contributed by atoms with van der Waals surface area (Å²) in [5.41, 5.74) is 0. The van der Waals surface area contributed by atoms with E-state index in [0.717, 1.165) is 18.8 Å². The Morgan fingerprint density at radius 1 is 1.06 bits per heavy atom. The van der Waals surface area contributed by atoms with Crippen LogP contribution in [0.15, 0.2) is 0 Å². The molecule has 0 N–H and O–H groups in total. The summed E-state index contributed by atoms with van der Waals surface area (Å²) in [6, 6.07) is 0. The average Bonchev–Trinajstić information content (AvgIpc) is 2.25. The minimum Gasteiger partial charge on any atom is -0.790 e. The Balaban J connectivity index is 0. The van der Waals surface area contributed by atoms with Gasteiger partial charge in [-0.3, -0.25) is 0 Å². The van der Waals surface area contributed by atoms with Crippen LogP contribution in [0.3, 0.4) is 0 Å². The Morgan fingerprint density at radius 3 is 2.06 bits per heavy atom. The summed E-state index contributed by atoms with van der Waals surface area (Å²) in [5.74, 6) is 0.826. The largest absolute Gasteiger partial charge is 2.00 e. The summed E-state index contributed by atoms with van der Waals surface area (Å²) in [6.45, 7) is 4.54. The molecule has 0 bridgehead atoms. The van der Waals surface area contributed by atoms with Crippen molar-refractivity contribution in [1.29, 1.82) is 0 Å². The summed E-state index contributed by atoms with van der Waals surface area (Å²) in [4.78, 5) is 20.3. The van der Waals surface area contributed by atoms with Crippen LogP contribution < -0.4 is 9.79 Å². The zero-order chi connectivity index (χ0) is 13.1. The first kappa shape index (κ1) is 21.0. The van der Waals surface area contributed by atoms with Gasteiger partial charge in [0.25, 0.3) is 0 Å².